The molecule has 0 radical (unpaired) electrons. The second-order valence-corrected chi connectivity index (χ2v) is 8.78. The predicted octanol–water partition coefficient (Wildman–Crippen LogP) is 4.97. The minimum atomic E-state index is -3.75. The molecule has 29 heavy (non-hydrogen) atoms. The van der Waals surface area contributed by atoms with Crippen LogP contribution in [0.15, 0.2) is 65.6 Å². The van der Waals surface area contributed by atoms with Gasteiger partial charge in [0, 0.05) is 11.3 Å². The van der Waals surface area contributed by atoms with Gasteiger partial charge >= 0.3 is 0 Å². The van der Waals surface area contributed by atoms with Gasteiger partial charge in [0.2, 0.25) is 0 Å². The highest BCUT2D eigenvalue weighted by Gasteiger charge is 2.18. The zero-order valence-corrected chi connectivity index (χ0v) is 17.7. The molecular formula is C23H24N2O3S. The fraction of sp³-hybridized carbons (Fsp3) is 0.174. The standard InChI is InChI=1S/C23H24N2O3S/c1-15-11-13-19(14-12-15)29(27,28)25-22-10-6-8-20(18(22)4)23(26)24-21-9-5-7-16(2)17(21)3/h5-14,25H,1-4H3,(H,24,26). The summed E-state index contributed by atoms with van der Waals surface area (Å²) >= 11 is 0. The molecule has 0 aromatic heterocycles. The lowest BCUT2D eigenvalue weighted by molar-refractivity contribution is 0.102. The number of rotatable bonds is 5. The smallest absolute Gasteiger partial charge is 0.261 e. The molecule has 0 saturated heterocycles. The van der Waals surface area contributed by atoms with Gasteiger partial charge in [-0.15, -0.1) is 0 Å². The molecule has 0 unspecified atom stereocenters. The molecule has 3 aromatic rings. The lowest BCUT2D eigenvalue weighted by Crippen LogP contribution is -2.17. The molecule has 0 aliphatic carbocycles. The minimum Gasteiger partial charge on any atom is -0.322 e. The Labute approximate surface area is 171 Å². The van der Waals surface area contributed by atoms with Gasteiger partial charge in [-0.05, 0) is 74.7 Å². The van der Waals surface area contributed by atoms with Crippen LogP contribution in [0.25, 0.3) is 0 Å². The van der Waals surface area contributed by atoms with E-state index in [0.717, 1.165) is 22.4 Å². The highest BCUT2D eigenvalue weighted by Crippen LogP contribution is 2.25. The topological polar surface area (TPSA) is 75.3 Å². The average molecular weight is 409 g/mol. The molecule has 3 rings (SSSR count). The first-order chi connectivity index (χ1) is 13.7. The summed E-state index contributed by atoms with van der Waals surface area (Å²) < 4.78 is 28.0. The maximum atomic E-state index is 12.8. The van der Waals surface area contributed by atoms with E-state index in [1.165, 1.54) is 0 Å². The first-order valence-electron chi connectivity index (χ1n) is 9.26. The van der Waals surface area contributed by atoms with Crippen molar-refractivity contribution < 1.29 is 13.2 Å². The Hall–Kier alpha value is -3.12. The Morgan fingerprint density at radius 2 is 1.38 bits per heavy atom. The van der Waals surface area contributed by atoms with Crippen LogP contribution in [0.2, 0.25) is 0 Å². The molecule has 3 aromatic carbocycles. The molecule has 0 bridgehead atoms. The molecule has 2 N–H and O–H groups in total. The lowest BCUT2D eigenvalue weighted by atomic mass is 10.0. The molecule has 6 heteroatoms. The zero-order valence-electron chi connectivity index (χ0n) is 16.9. The van der Waals surface area contributed by atoms with Crippen molar-refractivity contribution in [2.24, 2.45) is 0 Å². The summed E-state index contributed by atoms with van der Waals surface area (Å²) in [5.41, 5.74) is 5.14. The molecular weight excluding hydrogens is 384 g/mol. The Kier molecular flexibility index (Phi) is 5.75. The third kappa shape index (κ3) is 4.49. The number of benzene rings is 3. The summed E-state index contributed by atoms with van der Waals surface area (Å²) in [5, 5.41) is 2.92. The van der Waals surface area contributed by atoms with E-state index in [1.54, 1.807) is 49.4 Å². The quantitative estimate of drug-likeness (QED) is 0.626. The van der Waals surface area contributed by atoms with Gasteiger partial charge in [0.15, 0.2) is 0 Å². The van der Waals surface area contributed by atoms with Gasteiger partial charge in [-0.3, -0.25) is 9.52 Å². The molecule has 150 valence electrons. The number of hydrogen-bond acceptors (Lipinski definition) is 3. The van der Waals surface area contributed by atoms with E-state index < -0.39 is 10.0 Å². The molecule has 0 atom stereocenters. The van der Waals surface area contributed by atoms with Crippen molar-refractivity contribution in [3.63, 3.8) is 0 Å². The molecule has 0 spiro atoms. The predicted molar refractivity (Wildman–Crippen MR) is 117 cm³/mol. The van der Waals surface area contributed by atoms with Gasteiger partial charge in [0.05, 0.1) is 10.6 Å². The highest BCUT2D eigenvalue weighted by molar-refractivity contribution is 7.92. The summed E-state index contributed by atoms with van der Waals surface area (Å²) in [7, 11) is -3.75. The van der Waals surface area contributed by atoms with E-state index in [0.29, 0.717) is 16.8 Å². The van der Waals surface area contributed by atoms with Crippen molar-refractivity contribution >= 4 is 27.3 Å². The van der Waals surface area contributed by atoms with E-state index in [-0.39, 0.29) is 10.8 Å². The fourth-order valence-electron chi connectivity index (χ4n) is 2.99. The molecule has 0 heterocycles. The van der Waals surface area contributed by atoms with Gasteiger partial charge < -0.3 is 5.32 Å². The van der Waals surface area contributed by atoms with Crippen molar-refractivity contribution in [1.29, 1.82) is 0 Å². The lowest BCUT2D eigenvalue weighted by Gasteiger charge is -2.15. The van der Waals surface area contributed by atoms with Gasteiger partial charge in [-0.2, -0.15) is 0 Å². The summed E-state index contributed by atoms with van der Waals surface area (Å²) in [5.74, 6) is -0.285. The van der Waals surface area contributed by atoms with Gasteiger partial charge in [-0.25, -0.2) is 8.42 Å². The Bertz CT molecular complexity index is 1170. The highest BCUT2D eigenvalue weighted by atomic mass is 32.2. The SMILES string of the molecule is Cc1ccc(S(=O)(=O)Nc2cccc(C(=O)Nc3cccc(C)c3C)c2C)cc1. The third-order valence-electron chi connectivity index (χ3n) is 5.01. The van der Waals surface area contributed by atoms with E-state index in [4.69, 9.17) is 0 Å². The minimum absolute atomic E-state index is 0.174. The largest absolute Gasteiger partial charge is 0.322 e. The van der Waals surface area contributed by atoms with Crippen molar-refractivity contribution in [1.82, 2.24) is 0 Å². The Morgan fingerprint density at radius 1 is 0.759 bits per heavy atom. The summed E-state index contributed by atoms with van der Waals surface area (Å²) in [6.45, 7) is 7.55. The number of amides is 1. The molecule has 5 nitrogen and oxygen atoms in total. The van der Waals surface area contributed by atoms with Gasteiger partial charge in [-0.1, -0.05) is 35.9 Å². The second-order valence-electron chi connectivity index (χ2n) is 7.10. The Balaban J connectivity index is 1.88. The number of anilines is 2. The Morgan fingerprint density at radius 3 is 2.07 bits per heavy atom. The van der Waals surface area contributed by atoms with Crippen LogP contribution in [-0.2, 0) is 10.0 Å². The van der Waals surface area contributed by atoms with Gasteiger partial charge in [0.1, 0.15) is 0 Å². The van der Waals surface area contributed by atoms with E-state index in [1.807, 2.05) is 39.0 Å². The summed E-state index contributed by atoms with van der Waals surface area (Å²) in [6.07, 6.45) is 0. The van der Waals surface area contributed by atoms with Crippen LogP contribution in [0.4, 0.5) is 11.4 Å². The number of aryl methyl sites for hydroxylation is 2. The molecule has 0 fully saturated rings. The molecule has 0 aliphatic rings. The average Bonchev–Trinajstić information content (AvgIpc) is 2.67. The van der Waals surface area contributed by atoms with Gasteiger partial charge in [0.25, 0.3) is 15.9 Å². The van der Waals surface area contributed by atoms with E-state index in [2.05, 4.69) is 10.0 Å². The third-order valence-corrected chi connectivity index (χ3v) is 6.39. The van der Waals surface area contributed by atoms with E-state index in [9.17, 15) is 13.2 Å². The molecule has 1 amide bonds. The van der Waals surface area contributed by atoms with Crippen molar-refractivity contribution in [3.8, 4) is 0 Å². The normalized spacial score (nSPS) is 11.2. The maximum Gasteiger partial charge on any atom is 0.261 e. The number of sulfonamides is 1. The van der Waals surface area contributed by atoms with Crippen LogP contribution in [0.3, 0.4) is 0 Å². The fourth-order valence-corrected chi connectivity index (χ4v) is 4.11. The van der Waals surface area contributed by atoms with E-state index >= 15 is 0 Å². The van der Waals surface area contributed by atoms with Crippen LogP contribution >= 0.6 is 0 Å². The monoisotopic (exact) mass is 408 g/mol. The number of hydrogen-bond donors (Lipinski definition) is 2. The number of carbonyl (C=O) groups is 1. The van der Waals surface area contributed by atoms with Crippen LogP contribution < -0.4 is 10.0 Å². The van der Waals surface area contributed by atoms with Crippen molar-refractivity contribution in [2.45, 2.75) is 32.6 Å². The van der Waals surface area contributed by atoms with Crippen LogP contribution in [-0.4, -0.2) is 14.3 Å². The van der Waals surface area contributed by atoms with Crippen LogP contribution in [0, 0.1) is 27.7 Å². The van der Waals surface area contributed by atoms with Crippen molar-refractivity contribution in [2.75, 3.05) is 10.0 Å². The maximum absolute atomic E-state index is 12.8. The second kappa shape index (κ2) is 8.09. The van der Waals surface area contributed by atoms with Crippen LogP contribution in [0.1, 0.15) is 32.6 Å². The first kappa shape index (κ1) is 20.6. The van der Waals surface area contributed by atoms with Crippen LogP contribution in [0.5, 0.6) is 0 Å². The molecule has 0 saturated carbocycles. The summed E-state index contributed by atoms with van der Waals surface area (Å²) in [4.78, 5) is 13.0. The summed E-state index contributed by atoms with van der Waals surface area (Å²) in [6, 6.07) is 17.3. The number of nitrogens with one attached hydrogen (secondary N) is 2. The zero-order chi connectivity index (χ0) is 21.2. The first-order valence-corrected chi connectivity index (χ1v) is 10.7. The van der Waals surface area contributed by atoms with Crippen molar-refractivity contribution in [3.05, 3.63) is 88.5 Å². The molecule has 0 aliphatic heterocycles. The number of carbonyl (C=O) groups excluding carboxylic acids is 1.